The largest absolute Gasteiger partial charge is 0.463 e. The monoisotopic (exact) mass is 386 g/mol. The Labute approximate surface area is 146 Å². The molecule has 0 radical (unpaired) electrons. The van der Waals surface area contributed by atoms with E-state index in [0.717, 1.165) is 0 Å². The molecule has 1 rings (SSSR count). The molecule has 152 valence electrons. The van der Waals surface area contributed by atoms with Gasteiger partial charge in [-0.25, -0.2) is 0 Å². The van der Waals surface area contributed by atoms with Crippen LogP contribution in [0.25, 0.3) is 0 Å². The van der Waals surface area contributed by atoms with Gasteiger partial charge < -0.3 is 29.5 Å². The topological polar surface area (TPSA) is 210 Å². The highest BCUT2D eigenvalue weighted by Crippen LogP contribution is 2.23. The maximum absolute atomic E-state index is 11.5. The predicted molar refractivity (Wildman–Crippen MR) is 73.5 cm³/mol. The van der Waals surface area contributed by atoms with Gasteiger partial charge in [-0.3, -0.25) is 30.4 Å². The Bertz CT molecular complexity index is 459. The molecule has 7 N–H and O–H groups in total. The van der Waals surface area contributed by atoms with E-state index in [0.29, 0.717) is 0 Å². The van der Waals surface area contributed by atoms with Gasteiger partial charge >= 0.3 is 11.9 Å². The van der Waals surface area contributed by atoms with E-state index in [1.807, 2.05) is 0 Å². The SMILES string of the molecule is O=C(CCN(O)O)OC[C@H]1O[C@@H](OC(=O)CCN(O)O)[C@H](O)[C@@H](O)[C@@H]1O. The molecule has 0 aliphatic carbocycles. The van der Waals surface area contributed by atoms with Crippen LogP contribution in [0.3, 0.4) is 0 Å². The first-order valence-corrected chi connectivity index (χ1v) is 7.47. The minimum Gasteiger partial charge on any atom is -0.463 e. The lowest BCUT2D eigenvalue weighted by Gasteiger charge is -2.39. The summed E-state index contributed by atoms with van der Waals surface area (Å²) in [5.74, 6) is -1.86. The van der Waals surface area contributed by atoms with E-state index in [4.69, 9.17) is 35.0 Å². The van der Waals surface area contributed by atoms with Gasteiger partial charge in [0.1, 0.15) is 31.0 Å². The number of carbonyl (C=O) groups excluding carboxylic acids is 2. The first-order valence-electron chi connectivity index (χ1n) is 7.47. The molecule has 0 aromatic rings. The Morgan fingerprint density at radius 1 is 0.846 bits per heavy atom. The van der Waals surface area contributed by atoms with Crippen LogP contribution in [0.5, 0.6) is 0 Å². The van der Waals surface area contributed by atoms with Gasteiger partial charge in [0.2, 0.25) is 6.29 Å². The average Bonchev–Trinajstić information content (AvgIpc) is 2.57. The summed E-state index contributed by atoms with van der Waals surface area (Å²) in [7, 11) is 0. The fourth-order valence-corrected chi connectivity index (χ4v) is 1.97. The van der Waals surface area contributed by atoms with Crippen molar-refractivity contribution in [1.82, 2.24) is 10.5 Å². The lowest BCUT2D eigenvalue weighted by atomic mass is 9.99. The Hall–Kier alpha value is -1.46. The van der Waals surface area contributed by atoms with Gasteiger partial charge in [-0.2, -0.15) is 0 Å². The third-order valence-corrected chi connectivity index (χ3v) is 3.36. The van der Waals surface area contributed by atoms with Crippen molar-refractivity contribution in [3.8, 4) is 0 Å². The van der Waals surface area contributed by atoms with Crippen LogP contribution in [-0.2, 0) is 23.8 Å². The summed E-state index contributed by atoms with van der Waals surface area (Å²) >= 11 is 0. The first-order chi connectivity index (χ1) is 12.1. The Morgan fingerprint density at radius 3 is 1.92 bits per heavy atom. The van der Waals surface area contributed by atoms with Crippen LogP contribution in [0.4, 0.5) is 0 Å². The summed E-state index contributed by atoms with van der Waals surface area (Å²) in [5, 5.41) is 63.0. The number of esters is 2. The number of ether oxygens (including phenoxy) is 3. The summed E-state index contributed by atoms with van der Waals surface area (Å²) < 4.78 is 14.6. The number of hydrogen-bond donors (Lipinski definition) is 7. The van der Waals surface area contributed by atoms with E-state index >= 15 is 0 Å². The number of nitrogens with zero attached hydrogens (tertiary/aromatic N) is 2. The third kappa shape index (κ3) is 7.42. The average molecular weight is 386 g/mol. The van der Waals surface area contributed by atoms with Crippen LogP contribution in [0.2, 0.25) is 0 Å². The van der Waals surface area contributed by atoms with Crippen LogP contribution in [0.1, 0.15) is 12.8 Å². The van der Waals surface area contributed by atoms with Crippen molar-refractivity contribution in [1.29, 1.82) is 0 Å². The standard InChI is InChI=1S/C12H22N2O12/c15-7(1-3-13(20)21)24-5-6-9(17)10(18)11(19)12(25-6)26-8(16)2-4-14(22)23/h6,9-12,17-23H,1-5H2/t6-,9-,10+,11-,12+/m1/s1. The molecular formula is C12H22N2O12. The van der Waals surface area contributed by atoms with Crippen LogP contribution in [0.15, 0.2) is 0 Å². The van der Waals surface area contributed by atoms with Crippen molar-refractivity contribution in [2.75, 3.05) is 19.7 Å². The molecule has 0 amide bonds. The molecule has 0 aromatic heterocycles. The van der Waals surface area contributed by atoms with Gasteiger partial charge in [-0.05, 0) is 0 Å². The molecule has 14 nitrogen and oxygen atoms in total. The second-order valence-electron chi connectivity index (χ2n) is 5.38. The van der Waals surface area contributed by atoms with Gasteiger partial charge in [0.05, 0.1) is 25.9 Å². The second kappa shape index (κ2) is 10.6. The van der Waals surface area contributed by atoms with Gasteiger partial charge in [-0.15, -0.1) is 0 Å². The number of hydroxylamine groups is 4. The fourth-order valence-electron chi connectivity index (χ4n) is 1.97. The molecule has 14 heteroatoms. The molecule has 1 aliphatic rings. The van der Waals surface area contributed by atoms with Crippen molar-refractivity contribution in [3.63, 3.8) is 0 Å². The summed E-state index contributed by atoms with van der Waals surface area (Å²) in [6.07, 6.45) is -9.14. The van der Waals surface area contributed by atoms with E-state index in [1.54, 1.807) is 0 Å². The minimum absolute atomic E-state index is 0.220. The van der Waals surface area contributed by atoms with Crippen LogP contribution < -0.4 is 0 Å². The van der Waals surface area contributed by atoms with Crippen molar-refractivity contribution < 1.29 is 59.9 Å². The lowest BCUT2D eigenvalue weighted by molar-refractivity contribution is -0.310. The smallest absolute Gasteiger partial charge is 0.309 e. The van der Waals surface area contributed by atoms with E-state index in [-0.39, 0.29) is 10.5 Å². The van der Waals surface area contributed by atoms with Crippen molar-refractivity contribution in [3.05, 3.63) is 0 Å². The highest BCUT2D eigenvalue weighted by atomic mass is 16.8. The van der Waals surface area contributed by atoms with E-state index < -0.39 is 75.2 Å². The fraction of sp³-hybridized carbons (Fsp3) is 0.833. The molecule has 1 fully saturated rings. The lowest BCUT2D eigenvalue weighted by Crippen LogP contribution is -2.59. The maximum Gasteiger partial charge on any atom is 0.309 e. The molecule has 0 aromatic carbocycles. The molecular weight excluding hydrogens is 364 g/mol. The highest BCUT2D eigenvalue weighted by molar-refractivity contribution is 5.70. The summed E-state index contributed by atoms with van der Waals surface area (Å²) in [6.45, 7) is -1.49. The predicted octanol–water partition coefficient (Wildman–Crippen LogP) is -3.18. The second-order valence-corrected chi connectivity index (χ2v) is 5.38. The van der Waals surface area contributed by atoms with E-state index in [1.165, 1.54) is 0 Å². The molecule has 0 spiro atoms. The Kier molecular flexibility index (Phi) is 9.23. The molecule has 5 atom stereocenters. The molecule has 0 saturated carbocycles. The normalized spacial score (nSPS) is 29.0. The van der Waals surface area contributed by atoms with Gasteiger partial charge in [0.25, 0.3) is 0 Å². The van der Waals surface area contributed by atoms with Crippen LogP contribution in [0, 0.1) is 0 Å². The molecule has 1 heterocycles. The van der Waals surface area contributed by atoms with E-state index in [9.17, 15) is 24.9 Å². The van der Waals surface area contributed by atoms with Gasteiger partial charge in [0.15, 0.2) is 0 Å². The van der Waals surface area contributed by atoms with Crippen molar-refractivity contribution in [2.45, 2.75) is 43.5 Å². The van der Waals surface area contributed by atoms with Crippen molar-refractivity contribution in [2.24, 2.45) is 0 Å². The summed E-state index contributed by atoms with van der Waals surface area (Å²) in [4.78, 5) is 22.9. The third-order valence-electron chi connectivity index (χ3n) is 3.36. The Morgan fingerprint density at radius 2 is 1.38 bits per heavy atom. The zero-order valence-electron chi connectivity index (χ0n) is 13.5. The van der Waals surface area contributed by atoms with Crippen LogP contribution in [-0.4, -0.2) is 109 Å². The van der Waals surface area contributed by atoms with E-state index in [2.05, 4.69) is 0 Å². The number of hydrogen-bond acceptors (Lipinski definition) is 14. The number of carbonyl (C=O) groups is 2. The zero-order chi connectivity index (χ0) is 19.9. The molecule has 0 unspecified atom stereocenters. The summed E-state index contributed by atoms with van der Waals surface area (Å²) in [6, 6.07) is 0. The van der Waals surface area contributed by atoms with Gasteiger partial charge in [-0.1, -0.05) is 10.5 Å². The zero-order valence-corrected chi connectivity index (χ0v) is 13.5. The van der Waals surface area contributed by atoms with Gasteiger partial charge in [0, 0.05) is 0 Å². The summed E-state index contributed by atoms with van der Waals surface area (Å²) in [5.41, 5.74) is 0. The molecule has 1 saturated heterocycles. The number of aliphatic hydroxyl groups excluding tert-OH is 3. The minimum atomic E-state index is -1.79. The molecule has 0 bridgehead atoms. The molecule has 1 aliphatic heterocycles. The number of aliphatic hydroxyl groups is 3. The maximum atomic E-state index is 11.5. The van der Waals surface area contributed by atoms with Crippen molar-refractivity contribution >= 4 is 11.9 Å². The highest BCUT2D eigenvalue weighted by Gasteiger charge is 2.46. The first kappa shape index (κ1) is 22.6. The number of rotatable bonds is 9. The molecule has 26 heavy (non-hydrogen) atoms. The Balaban J connectivity index is 2.55. The quantitative estimate of drug-likeness (QED) is 0.154. The van der Waals surface area contributed by atoms with Crippen LogP contribution >= 0.6 is 0 Å².